The van der Waals surface area contributed by atoms with Crippen molar-refractivity contribution in [1.29, 1.82) is 0 Å². The average Bonchev–Trinajstić information content (AvgIpc) is 2.42. The van der Waals surface area contributed by atoms with E-state index in [0.29, 0.717) is 6.04 Å². The van der Waals surface area contributed by atoms with E-state index < -0.39 is 0 Å². The molecule has 1 saturated heterocycles. The second-order valence-electron chi connectivity index (χ2n) is 6.71. The van der Waals surface area contributed by atoms with Crippen molar-refractivity contribution in [1.82, 2.24) is 10.2 Å². The van der Waals surface area contributed by atoms with Crippen LogP contribution >= 0.6 is 0 Å². The lowest BCUT2D eigenvalue weighted by atomic mass is 9.82. The summed E-state index contributed by atoms with van der Waals surface area (Å²) in [5.41, 5.74) is 1.78. The Morgan fingerprint density at radius 1 is 1.15 bits per heavy atom. The van der Waals surface area contributed by atoms with Crippen LogP contribution in [0.5, 0.6) is 0 Å². The van der Waals surface area contributed by atoms with Gasteiger partial charge in [0.05, 0.1) is 13.2 Å². The first-order valence-corrected chi connectivity index (χ1v) is 8.35. The molecule has 0 saturated carbocycles. The van der Waals surface area contributed by atoms with Gasteiger partial charge in [-0.2, -0.15) is 0 Å². The number of nitrogens with zero attached hydrogens (tertiary/aromatic N) is 1. The Morgan fingerprint density at radius 2 is 1.85 bits per heavy atom. The quantitative estimate of drug-likeness (QED) is 0.801. The Hall–Kier alpha value is -0.380. The molecular formula is C17H32N2O. The van der Waals surface area contributed by atoms with E-state index in [2.05, 4.69) is 37.2 Å². The highest BCUT2D eigenvalue weighted by atomic mass is 16.5. The van der Waals surface area contributed by atoms with Crippen LogP contribution in [0.15, 0.2) is 11.6 Å². The lowest BCUT2D eigenvalue weighted by Crippen LogP contribution is -2.60. The summed E-state index contributed by atoms with van der Waals surface area (Å²) in [4.78, 5) is 2.59. The molecule has 20 heavy (non-hydrogen) atoms. The molecule has 2 rings (SSSR count). The minimum absolute atomic E-state index is 0.156. The molecule has 0 amide bonds. The van der Waals surface area contributed by atoms with Gasteiger partial charge in [-0.3, -0.25) is 4.90 Å². The van der Waals surface area contributed by atoms with Crippen LogP contribution < -0.4 is 5.32 Å². The molecule has 1 fully saturated rings. The third-order valence-corrected chi connectivity index (χ3v) is 5.02. The van der Waals surface area contributed by atoms with E-state index in [1.807, 2.05) is 0 Å². The van der Waals surface area contributed by atoms with E-state index in [1.165, 1.54) is 38.5 Å². The van der Waals surface area contributed by atoms with Crippen LogP contribution in [-0.4, -0.2) is 49.8 Å². The molecule has 116 valence electrons. The summed E-state index contributed by atoms with van der Waals surface area (Å²) in [7, 11) is 2.12. The fourth-order valence-electron chi connectivity index (χ4n) is 3.79. The van der Waals surface area contributed by atoms with Crippen molar-refractivity contribution in [3.05, 3.63) is 11.6 Å². The number of hydrogen-bond donors (Lipinski definition) is 1. The van der Waals surface area contributed by atoms with Gasteiger partial charge in [0.25, 0.3) is 0 Å². The van der Waals surface area contributed by atoms with Gasteiger partial charge in [0.2, 0.25) is 0 Å². The summed E-state index contributed by atoms with van der Waals surface area (Å²) in [5.74, 6) is 0. The first-order valence-electron chi connectivity index (χ1n) is 8.35. The SMILES string of the molecule is CNC(C1=CCCCCCC1)C(C)(C)N1CCOCC1. The number of nitrogens with one attached hydrogen (secondary N) is 1. The second kappa shape index (κ2) is 7.58. The van der Waals surface area contributed by atoms with Crippen molar-refractivity contribution in [2.24, 2.45) is 0 Å². The van der Waals surface area contributed by atoms with Crippen molar-refractivity contribution in [2.75, 3.05) is 33.4 Å². The predicted octanol–water partition coefficient (Wildman–Crippen LogP) is 2.97. The fraction of sp³-hybridized carbons (Fsp3) is 0.882. The van der Waals surface area contributed by atoms with E-state index in [-0.39, 0.29) is 5.54 Å². The van der Waals surface area contributed by atoms with Crippen molar-refractivity contribution in [2.45, 2.75) is 64.0 Å². The highest BCUT2D eigenvalue weighted by Crippen LogP contribution is 2.29. The number of morpholine rings is 1. The molecule has 1 heterocycles. The van der Waals surface area contributed by atoms with Gasteiger partial charge in [-0.15, -0.1) is 0 Å². The third-order valence-electron chi connectivity index (χ3n) is 5.02. The first-order chi connectivity index (χ1) is 9.66. The van der Waals surface area contributed by atoms with Crippen LogP contribution in [0.3, 0.4) is 0 Å². The summed E-state index contributed by atoms with van der Waals surface area (Å²) < 4.78 is 5.51. The summed E-state index contributed by atoms with van der Waals surface area (Å²) in [6, 6.07) is 0.457. The maximum atomic E-state index is 5.51. The number of likely N-dealkylation sites (N-methyl/N-ethyl adjacent to an activating group) is 1. The van der Waals surface area contributed by atoms with Gasteiger partial charge in [0, 0.05) is 24.7 Å². The van der Waals surface area contributed by atoms with Crippen LogP contribution in [0, 0.1) is 0 Å². The molecule has 0 bridgehead atoms. The van der Waals surface area contributed by atoms with Gasteiger partial charge in [-0.1, -0.05) is 24.5 Å². The molecule has 1 aliphatic carbocycles. The van der Waals surface area contributed by atoms with Crippen LogP contribution in [0.2, 0.25) is 0 Å². The van der Waals surface area contributed by atoms with E-state index in [9.17, 15) is 0 Å². The summed E-state index contributed by atoms with van der Waals surface area (Å²) in [5, 5.41) is 3.61. The largest absolute Gasteiger partial charge is 0.379 e. The Kier molecular flexibility index (Phi) is 6.06. The molecule has 0 aromatic rings. The minimum Gasteiger partial charge on any atom is -0.379 e. The molecule has 2 aliphatic rings. The smallest absolute Gasteiger partial charge is 0.0594 e. The van der Waals surface area contributed by atoms with Crippen LogP contribution in [0.4, 0.5) is 0 Å². The fourth-order valence-corrected chi connectivity index (χ4v) is 3.79. The predicted molar refractivity (Wildman–Crippen MR) is 85.1 cm³/mol. The third kappa shape index (κ3) is 3.84. The number of ether oxygens (including phenoxy) is 1. The van der Waals surface area contributed by atoms with Crippen molar-refractivity contribution in [3.63, 3.8) is 0 Å². The lowest BCUT2D eigenvalue weighted by Gasteiger charge is -2.46. The van der Waals surface area contributed by atoms with Gasteiger partial charge >= 0.3 is 0 Å². The molecule has 3 heteroatoms. The minimum atomic E-state index is 0.156. The zero-order valence-corrected chi connectivity index (χ0v) is 13.6. The van der Waals surface area contributed by atoms with Gasteiger partial charge in [-0.05, 0) is 46.6 Å². The molecule has 3 nitrogen and oxygen atoms in total. The molecule has 0 aromatic heterocycles. The molecule has 0 spiro atoms. The van der Waals surface area contributed by atoms with E-state index in [0.717, 1.165) is 26.3 Å². The molecule has 0 aromatic carbocycles. The lowest BCUT2D eigenvalue weighted by molar-refractivity contribution is -0.0185. The Morgan fingerprint density at radius 3 is 2.55 bits per heavy atom. The highest BCUT2D eigenvalue weighted by molar-refractivity contribution is 5.18. The summed E-state index contributed by atoms with van der Waals surface area (Å²) in [6.07, 6.45) is 10.5. The first kappa shape index (κ1) is 16.0. The van der Waals surface area contributed by atoms with Crippen molar-refractivity contribution in [3.8, 4) is 0 Å². The monoisotopic (exact) mass is 280 g/mol. The van der Waals surface area contributed by atoms with E-state index in [4.69, 9.17) is 4.74 Å². The normalized spacial score (nSPS) is 24.6. The zero-order valence-electron chi connectivity index (χ0n) is 13.6. The standard InChI is InChI=1S/C17H32N2O/c1-17(2,19-11-13-20-14-12-19)16(18-3)15-9-7-5-4-6-8-10-15/h9,16,18H,4-8,10-14H2,1-3H3. The van der Waals surface area contributed by atoms with Crippen molar-refractivity contribution >= 4 is 0 Å². The molecule has 1 unspecified atom stereocenters. The van der Waals surface area contributed by atoms with Gasteiger partial charge in [0.15, 0.2) is 0 Å². The molecule has 1 aliphatic heterocycles. The Balaban J connectivity index is 2.11. The van der Waals surface area contributed by atoms with Gasteiger partial charge in [0.1, 0.15) is 0 Å². The van der Waals surface area contributed by atoms with Crippen LogP contribution in [0.1, 0.15) is 52.4 Å². The highest BCUT2D eigenvalue weighted by Gasteiger charge is 2.37. The van der Waals surface area contributed by atoms with Gasteiger partial charge in [-0.25, -0.2) is 0 Å². The van der Waals surface area contributed by atoms with Crippen molar-refractivity contribution < 1.29 is 4.74 Å². The molecular weight excluding hydrogens is 248 g/mol. The maximum Gasteiger partial charge on any atom is 0.0594 e. The number of allylic oxidation sites excluding steroid dienone is 1. The van der Waals surface area contributed by atoms with Gasteiger partial charge < -0.3 is 10.1 Å². The maximum absolute atomic E-state index is 5.51. The topological polar surface area (TPSA) is 24.5 Å². The Bertz CT molecular complexity index is 319. The van der Waals surface area contributed by atoms with Crippen LogP contribution in [0.25, 0.3) is 0 Å². The van der Waals surface area contributed by atoms with Crippen LogP contribution in [-0.2, 0) is 4.74 Å². The molecule has 1 N–H and O–H groups in total. The molecule has 1 atom stereocenters. The average molecular weight is 280 g/mol. The number of rotatable bonds is 4. The summed E-state index contributed by atoms with van der Waals surface area (Å²) in [6.45, 7) is 8.63. The number of hydrogen-bond acceptors (Lipinski definition) is 3. The van der Waals surface area contributed by atoms with E-state index >= 15 is 0 Å². The Labute approximate surface area is 124 Å². The molecule has 0 radical (unpaired) electrons. The van der Waals surface area contributed by atoms with E-state index in [1.54, 1.807) is 5.57 Å². The zero-order chi connectivity index (χ0) is 14.4. The summed E-state index contributed by atoms with van der Waals surface area (Å²) >= 11 is 0. The second-order valence-corrected chi connectivity index (χ2v) is 6.71.